The van der Waals surface area contributed by atoms with E-state index in [1.54, 1.807) is 0 Å². The van der Waals surface area contributed by atoms with Gasteiger partial charge in [-0.1, -0.05) is 25.9 Å². The lowest BCUT2D eigenvalue weighted by atomic mass is 9.97. The third-order valence-electron chi connectivity index (χ3n) is 4.43. The molecule has 6 heteroatoms. The minimum atomic E-state index is -0.180. The van der Waals surface area contributed by atoms with Crippen molar-refractivity contribution in [3.63, 3.8) is 0 Å². The highest BCUT2D eigenvalue weighted by Crippen LogP contribution is 2.44. The average Bonchev–Trinajstić information content (AvgIpc) is 3.20. The fraction of sp³-hybridized carbons (Fsp3) is 0.611. The zero-order valence-electron chi connectivity index (χ0n) is 14.4. The van der Waals surface area contributed by atoms with Crippen molar-refractivity contribution in [2.45, 2.75) is 57.5 Å². The molecule has 3 heterocycles. The van der Waals surface area contributed by atoms with Crippen molar-refractivity contribution in [2.24, 2.45) is 0 Å². The molecule has 128 valence electrons. The van der Waals surface area contributed by atoms with Crippen LogP contribution in [0.4, 0.5) is 0 Å². The van der Waals surface area contributed by atoms with Crippen molar-refractivity contribution in [3.05, 3.63) is 23.7 Å². The Labute approximate surface area is 141 Å². The summed E-state index contributed by atoms with van der Waals surface area (Å²) in [5.41, 5.74) is 1.68. The Balaban J connectivity index is 1.59. The summed E-state index contributed by atoms with van der Waals surface area (Å²) in [6.45, 7) is 7.55. The van der Waals surface area contributed by atoms with Crippen molar-refractivity contribution in [1.82, 2.24) is 15.1 Å². The summed E-state index contributed by atoms with van der Waals surface area (Å²) in [6, 6.07) is 1.93. The Kier molecular flexibility index (Phi) is 3.79. The van der Waals surface area contributed by atoms with Crippen LogP contribution in [0, 0.1) is 0 Å². The molecule has 1 unspecified atom stereocenters. The Bertz CT molecular complexity index is 727. The number of ether oxygens (including phenoxy) is 2. The summed E-state index contributed by atoms with van der Waals surface area (Å²) < 4.78 is 16.8. The summed E-state index contributed by atoms with van der Waals surface area (Å²) in [7, 11) is 0. The van der Waals surface area contributed by atoms with E-state index >= 15 is 0 Å². The SMILES string of the molecule is CC(C)(C)c1nc(-c2cc(OCC3CCO3)c(C3CC3)cn2)no1. The smallest absolute Gasteiger partial charge is 0.232 e. The van der Waals surface area contributed by atoms with E-state index < -0.39 is 0 Å². The van der Waals surface area contributed by atoms with E-state index in [9.17, 15) is 0 Å². The van der Waals surface area contributed by atoms with Gasteiger partial charge in [0.05, 0.1) is 6.10 Å². The number of aromatic nitrogens is 3. The molecule has 1 saturated carbocycles. The lowest BCUT2D eigenvalue weighted by Crippen LogP contribution is -2.32. The largest absolute Gasteiger partial charge is 0.490 e. The van der Waals surface area contributed by atoms with Gasteiger partial charge in [-0.2, -0.15) is 4.98 Å². The maximum absolute atomic E-state index is 6.03. The molecule has 2 fully saturated rings. The van der Waals surface area contributed by atoms with Crippen LogP contribution >= 0.6 is 0 Å². The highest BCUT2D eigenvalue weighted by atomic mass is 16.5. The van der Waals surface area contributed by atoms with E-state index in [-0.39, 0.29) is 11.5 Å². The highest BCUT2D eigenvalue weighted by Gasteiger charge is 2.29. The second kappa shape index (κ2) is 5.84. The predicted octanol–water partition coefficient (Wildman–Crippen LogP) is 3.47. The summed E-state index contributed by atoms with van der Waals surface area (Å²) in [6.07, 6.45) is 5.58. The summed E-state index contributed by atoms with van der Waals surface area (Å²) in [5, 5.41) is 4.08. The van der Waals surface area contributed by atoms with Crippen LogP contribution in [0.2, 0.25) is 0 Å². The van der Waals surface area contributed by atoms with Gasteiger partial charge in [-0.25, -0.2) is 0 Å². The molecule has 0 N–H and O–H groups in total. The van der Waals surface area contributed by atoms with Gasteiger partial charge in [0, 0.05) is 36.3 Å². The summed E-state index contributed by atoms with van der Waals surface area (Å²) in [4.78, 5) is 9.02. The van der Waals surface area contributed by atoms with Gasteiger partial charge in [-0.15, -0.1) is 0 Å². The molecule has 2 aromatic heterocycles. The van der Waals surface area contributed by atoms with Gasteiger partial charge in [-0.05, 0) is 18.8 Å². The maximum Gasteiger partial charge on any atom is 0.232 e. The number of pyridine rings is 1. The molecule has 0 aromatic carbocycles. The zero-order valence-corrected chi connectivity index (χ0v) is 14.4. The zero-order chi connectivity index (χ0) is 16.7. The van der Waals surface area contributed by atoms with Crippen LogP contribution in [0.25, 0.3) is 11.5 Å². The van der Waals surface area contributed by atoms with Gasteiger partial charge in [0.1, 0.15) is 18.1 Å². The Morgan fingerprint density at radius 3 is 2.62 bits per heavy atom. The van der Waals surface area contributed by atoms with Gasteiger partial charge in [0.25, 0.3) is 0 Å². The van der Waals surface area contributed by atoms with Gasteiger partial charge >= 0.3 is 0 Å². The fourth-order valence-corrected chi connectivity index (χ4v) is 2.63. The van der Waals surface area contributed by atoms with E-state index in [1.807, 2.05) is 33.0 Å². The molecule has 24 heavy (non-hydrogen) atoms. The Hall–Kier alpha value is -1.95. The second-order valence-electron chi connectivity index (χ2n) is 7.65. The monoisotopic (exact) mass is 329 g/mol. The van der Waals surface area contributed by atoms with E-state index in [0.29, 0.717) is 29.9 Å². The maximum atomic E-state index is 6.03. The van der Waals surface area contributed by atoms with Crippen molar-refractivity contribution in [1.29, 1.82) is 0 Å². The van der Waals surface area contributed by atoms with Crippen molar-refractivity contribution >= 4 is 0 Å². The molecule has 1 aliphatic heterocycles. The van der Waals surface area contributed by atoms with Gasteiger partial charge in [0.15, 0.2) is 0 Å². The first kappa shape index (κ1) is 15.6. The number of hydrogen-bond donors (Lipinski definition) is 0. The molecular weight excluding hydrogens is 306 g/mol. The van der Waals surface area contributed by atoms with E-state index in [4.69, 9.17) is 14.0 Å². The number of nitrogens with zero attached hydrogens (tertiary/aromatic N) is 3. The van der Waals surface area contributed by atoms with Crippen LogP contribution in [0.5, 0.6) is 5.75 Å². The molecule has 0 bridgehead atoms. The van der Waals surface area contributed by atoms with Gasteiger partial charge < -0.3 is 14.0 Å². The molecule has 1 aliphatic carbocycles. The molecule has 1 saturated heterocycles. The first-order chi connectivity index (χ1) is 11.5. The number of rotatable bonds is 5. The molecule has 6 nitrogen and oxygen atoms in total. The molecular formula is C18H23N3O3. The normalized spacial score (nSPS) is 20.7. The van der Waals surface area contributed by atoms with E-state index in [1.165, 1.54) is 18.4 Å². The average molecular weight is 329 g/mol. The third kappa shape index (κ3) is 3.15. The molecule has 1 atom stereocenters. The quantitative estimate of drug-likeness (QED) is 0.836. The summed E-state index contributed by atoms with van der Waals surface area (Å²) in [5.74, 6) is 2.56. The van der Waals surface area contributed by atoms with Crippen molar-refractivity contribution in [3.8, 4) is 17.3 Å². The minimum Gasteiger partial charge on any atom is -0.490 e. The second-order valence-corrected chi connectivity index (χ2v) is 7.65. The Morgan fingerprint density at radius 2 is 2.04 bits per heavy atom. The van der Waals surface area contributed by atoms with Crippen LogP contribution in [-0.4, -0.2) is 34.4 Å². The number of hydrogen-bond acceptors (Lipinski definition) is 6. The van der Waals surface area contributed by atoms with Crippen LogP contribution in [0.15, 0.2) is 16.8 Å². The van der Waals surface area contributed by atoms with Crippen molar-refractivity contribution < 1.29 is 14.0 Å². The predicted molar refractivity (Wildman–Crippen MR) is 88.1 cm³/mol. The van der Waals surface area contributed by atoms with Gasteiger partial charge in [-0.3, -0.25) is 4.98 Å². The van der Waals surface area contributed by atoms with Crippen LogP contribution in [-0.2, 0) is 10.2 Å². The lowest BCUT2D eigenvalue weighted by molar-refractivity contribution is -0.0722. The molecule has 2 aromatic rings. The van der Waals surface area contributed by atoms with Crippen LogP contribution in [0.1, 0.15) is 57.4 Å². The van der Waals surface area contributed by atoms with Gasteiger partial charge in [0.2, 0.25) is 11.7 Å². The van der Waals surface area contributed by atoms with Crippen LogP contribution in [0.3, 0.4) is 0 Å². The molecule has 0 spiro atoms. The lowest BCUT2D eigenvalue weighted by Gasteiger charge is -2.26. The molecule has 0 amide bonds. The van der Waals surface area contributed by atoms with Crippen molar-refractivity contribution in [2.75, 3.05) is 13.2 Å². The van der Waals surface area contributed by atoms with Crippen LogP contribution < -0.4 is 4.74 Å². The first-order valence-electron chi connectivity index (χ1n) is 8.59. The molecule has 2 aliphatic rings. The highest BCUT2D eigenvalue weighted by molar-refractivity contribution is 5.54. The fourth-order valence-electron chi connectivity index (χ4n) is 2.63. The van der Waals surface area contributed by atoms with E-state index in [2.05, 4.69) is 15.1 Å². The molecule has 4 rings (SSSR count). The summed E-state index contributed by atoms with van der Waals surface area (Å²) >= 11 is 0. The molecule has 0 radical (unpaired) electrons. The minimum absolute atomic E-state index is 0.180. The third-order valence-corrected chi connectivity index (χ3v) is 4.43. The first-order valence-corrected chi connectivity index (χ1v) is 8.59. The standard InChI is InChI=1S/C18H23N3O3/c1-18(2,3)17-20-16(21-24-17)14-8-15(23-10-12-6-7-22-12)13(9-19-14)11-4-5-11/h8-9,11-12H,4-7,10H2,1-3H3. The topological polar surface area (TPSA) is 70.3 Å². The Morgan fingerprint density at radius 1 is 1.25 bits per heavy atom. The van der Waals surface area contributed by atoms with E-state index in [0.717, 1.165) is 18.8 Å².